The van der Waals surface area contributed by atoms with Crippen molar-refractivity contribution in [1.82, 2.24) is 4.83 Å². The van der Waals surface area contributed by atoms with Crippen LogP contribution in [0, 0.1) is 20.8 Å². The van der Waals surface area contributed by atoms with Crippen LogP contribution in [0.25, 0.3) is 11.0 Å². The van der Waals surface area contributed by atoms with Crippen molar-refractivity contribution in [3.63, 3.8) is 0 Å². The average molecular weight is 462 g/mol. The van der Waals surface area contributed by atoms with Crippen LogP contribution < -0.4 is 15.7 Å². The molecule has 4 aromatic rings. The van der Waals surface area contributed by atoms with Gasteiger partial charge >= 0.3 is 0 Å². The fourth-order valence-electron chi connectivity index (χ4n) is 3.20. The van der Waals surface area contributed by atoms with E-state index in [-0.39, 0.29) is 16.0 Å². The van der Waals surface area contributed by atoms with Crippen LogP contribution in [0.4, 0.5) is 5.69 Å². The lowest BCUT2D eigenvalue weighted by atomic mass is 10.1. The van der Waals surface area contributed by atoms with Gasteiger partial charge in [-0.2, -0.15) is 13.2 Å². The molecule has 0 aliphatic rings. The van der Waals surface area contributed by atoms with Gasteiger partial charge < -0.3 is 9.73 Å². The summed E-state index contributed by atoms with van der Waals surface area (Å²) in [5, 5.41) is 7.47. The van der Waals surface area contributed by atoms with Crippen LogP contribution in [0.15, 0.2) is 87.2 Å². The second-order valence-corrected chi connectivity index (χ2v) is 9.44. The van der Waals surface area contributed by atoms with E-state index in [1.54, 1.807) is 42.5 Å². The molecule has 0 aliphatic heterocycles. The first-order valence-corrected chi connectivity index (χ1v) is 11.7. The molecule has 0 aliphatic carbocycles. The molecule has 0 atom stereocenters. The fourth-order valence-corrected chi connectivity index (χ4v) is 4.01. The molecule has 4 rings (SSSR count). The van der Waals surface area contributed by atoms with E-state index in [0.29, 0.717) is 16.7 Å². The van der Waals surface area contributed by atoms with Crippen molar-refractivity contribution in [3.8, 4) is 0 Å². The molecule has 0 unspecified atom stereocenters. The van der Waals surface area contributed by atoms with E-state index < -0.39 is 15.9 Å². The van der Waals surface area contributed by atoms with Crippen molar-refractivity contribution in [2.75, 3.05) is 5.32 Å². The summed E-state index contributed by atoms with van der Waals surface area (Å²) in [5.74, 6) is -0.471. The third kappa shape index (κ3) is 4.96. The lowest BCUT2D eigenvalue weighted by Gasteiger charge is -2.09. The molecule has 0 saturated heterocycles. The van der Waals surface area contributed by atoms with E-state index in [0.717, 1.165) is 16.7 Å². The largest absolute Gasteiger partial charge is 0.436 e. The van der Waals surface area contributed by atoms with E-state index in [9.17, 15) is 13.2 Å². The lowest BCUT2D eigenvalue weighted by molar-refractivity contribution is 0.102. The number of rotatable bonds is 5. The first-order valence-electron chi connectivity index (χ1n) is 10.3. The average Bonchev–Trinajstić information content (AvgIpc) is 2.80. The molecule has 1 amide bonds. The highest BCUT2D eigenvalue weighted by Crippen LogP contribution is 2.17. The zero-order valence-corrected chi connectivity index (χ0v) is 19.2. The Morgan fingerprint density at radius 2 is 1.61 bits per heavy atom. The van der Waals surface area contributed by atoms with Crippen LogP contribution >= 0.6 is 0 Å². The number of amides is 1. The summed E-state index contributed by atoms with van der Waals surface area (Å²) >= 11 is 0. The number of benzene rings is 3. The zero-order valence-electron chi connectivity index (χ0n) is 18.4. The van der Waals surface area contributed by atoms with E-state index in [1.807, 2.05) is 39.0 Å². The highest BCUT2D eigenvalue weighted by Gasteiger charge is 2.16. The van der Waals surface area contributed by atoms with Gasteiger partial charge in [0.25, 0.3) is 15.9 Å². The summed E-state index contributed by atoms with van der Waals surface area (Å²) in [6.07, 6.45) is 0. The third-order valence-corrected chi connectivity index (χ3v) is 6.49. The number of hydrogen-bond donors (Lipinski definition) is 2. The minimum Gasteiger partial charge on any atom is -0.436 e. The number of sulfonamides is 1. The topological polar surface area (TPSA) is 101 Å². The number of para-hydroxylation sites is 1. The molecular weight excluding hydrogens is 438 g/mol. The number of aryl methyl sites for hydroxylation is 3. The second-order valence-electron chi connectivity index (χ2n) is 7.78. The van der Waals surface area contributed by atoms with Crippen molar-refractivity contribution in [1.29, 1.82) is 0 Å². The Morgan fingerprint density at radius 1 is 0.879 bits per heavy atom. The number of carbonyl (C=O) groups excluding carboxylic acids is 1. The van der Waals surface area contributed by atoms with E-state index >= 15 is 0 Å². The first kappa shape index (κ1) is 22.3. The standard InChI is InChI=1S/C25H23N3O4S/c1-16-8-12-21(13-9-16)33(30,31)28-27-25-22(15-19-6-4-5-7-23(19)32-25)24(29)26-20-11-10-17(2)18(3)14-20/h4-15,28H,1-3H3,(H,26,29). The highest BCUT2D eigenvalue weighted by molar-refractivity contribution is 7.89. The summed E-state index contributed by atoms with van der Waals surface area (Å²) in [4.78, 5) is 15.3. The maximum Gasteiger partial charge on any atom is 0.276 e. The van der Waals surface area contributed by atoms with Crippen LogP contribution in [-0.2, 0) is 10.0 Å². The lowest BCUT2D eigenvalue weighted by Crippen LogP contribution is -2.27. The van der Waals surface area contributed by atoms with Gasteiger partial charge in [-0.1, -0.05) is 42.0 Å². The number of carbonyl (C=O) groups is 1. The number of anilines is 1. The highest BCUT2D eigenvalue weighted by atomic mass is 32.2. The Balaban J connectivity index is 1.74. The van der Waals surface area contributed by atoms with Crippen molar-refractivity contribution in [2.24, 2.45) is 5.10 Å². The van der Waals surface area contributed by atoms with Crippen molar-refractivity contribution >= 4 is 32.6 Å². The molecule has 2 N–H and O–H groups in total. The van der Waals surface area contributed by atoms with Gasteiger partial charge in [0.15, 0.2) is 0 Å². The minimum atomic E-state index is -3.95. The van der Waals surface area contributed by atoms with Gasteiger partial charge in [0.1, 0.15) is 11.1 Å². The van der Waals surface area contributed by atoms with Crippen LogP contribution in [0.3, 0.4) is 0 Å². The molecule has 7 nitrogen and oxygen atoms in total. The molecule has 0 saturated carbocycles. The molecule has 1 heterocycles. The Morgan fingerprint density at radius 3 is 2.33 bits per heavy atom. The monoisotopic (exact) mass is 461 g/mol. The smallest absolute Gasteiger partial charge is 0.276 e. The molecule has 168 valence electrons. The Kier molecular flexibility index (Phi) is 6.02. The molecule has 1 aromatic heterocycles. The zero-order chi connectivity index (χ0) is 23.6. The van der Waals surface area contributed by atoms with Gasteiger partial charge in [0, 0.05) is 11.1 Å². The molecule has 0 spiro atoms. The van der Waals surface area contributed by atoms with Crippen LogP contribution in [0.2, 0.25) is 0 Å². The van der Waals surface area contributed by atoms with Crippen LogP contribution in [0.5, 0.6) is 0 Å². The van der Waals surface area contributed by atoms with E-state index in [4.69, 9.17) is 4.42 Å². The number of nitrogens with zero attached hydrogens (tertiary/aromatic N) is 1. The summed E-state index contributed by atoms with van der Waals surface area (Å²) in [6.45, 7) is 5.81. The fraction of sp³-hybridized carbons (Fsp3) is 0.120. The summed E-state index contributed by atoms with van der Waals surface area (Å²) in [6, 6.07) is 20.7. The number of nitrogens with one attached hydrogen (secondary N) is 2. The third-order valence-electron chi connectivity index (χ3n) is 5.26. The quantitative estimate of drug-likeness (QED) is 0.430. The number of fused-ring (bicyclic) bond motifs is 1. The Bertz CT molecular complexity index is 1520. The molecule has 33 heavy (non-hydrogen) atoms. The minimum absolute atomic E-state index is 0.0544. The summed E-state index contributed by atoms with van der Waals surface area (Å²) < 4.78 is 31.1. The predicted octanol–water partition coefficient (Wildman–Crippen LogP) is 4.40. The molecule has 0 fully saturated rings. The van der Waals surface area contributed by atoms with Gasteiger partial charge in [-0.3, -0.25) is 4.79 Å². The van der Waals surface area contributed by atoms with Crippen molar-refractivity contribution in [3.05, 3.63) is 101 Å². The summed E-state index contributed by atoms with van der Waals surface area (Å²) in [5.41, 5.74) is 4.10. The predicted molar refractivity (Wildman–Crippen MR) is 127 cm³/mol. The SMILES string of the molecule is Cc1ccc(S(=O)(=O)NN=c2oc3ccccc3cc2C(=O)Nc2ccc(C)c(C)c2)cc1. The van der Waals surface area contributed by atoms with E-state index in [2.05, 4.69) is 15.2 Å². The summed E-state index contributed by atoms with van der Waals surface area (Å²) in [7, 11) is -3.95. The maximum absolute atomic E-state index is 13.1. The Hall–Kier alpha value is -3.91. The van der Waals surface area contributed by atoms with Gasteiger partial charge in [-0.15, -0.1) is 5.10 Å². The molecular formula is C25H23N3O4S. The van der Waals surface area contributed by atoms with Gasteiger partial charge in [0.05, 0.1) is 4.90 Å². The molecule has 0 radical (unpaired) electrons. The van der Waals surface area contributed by atoms with Crippen LogP contribution in [-0.4, -0.2) is 14.3 Å². The van der Waals surface area contributed by atoms with E-state index in [1.165, 1.54) is 12.1 Å². The van der Waals surface area contributed by atoms with Gasteiger partial charge in [-0.25, -0.2) is 0 Å². The van der Waals surface area contributed by atoms with Crippen molar-refractivity contribution < 1.29 is 17.6 Å². The molecule has 3 aromatic carbocycles. The normalized spacial score (nSPS) is 12.0. The van der Waals surface area contributed by atoms with Crippen LogP contribution in [0.1, 0.15) is 27.0 Å². The van der Waals surface area contributed by atoms with Crippen molar-refractivity contribution in [2.45, 2.75) is 25.7 Å². The Labute approximate surface area is 191 Å². The maximum atomic E-state index is 13.1. The molecule has 8 heteroatoms. The second kappa shape index (κ2) is 8.91. The molecule has 0 bridgehead atoms. The van der Waals surface area contributed by atoms with Gasteiger partial charge in [-0.05, 0) is 68.3 Å². The van der Waals surface area contributed by atoms with Gasteiger partial charge in [0.2, 0.25) is 5.55 Å². The first-order chi connectivity index (χ1) is 15.7. The number of hydrogen-bond acceptors (Lipinski definition) is 5.